The first-order chi connectivity index (χ1) is 7.24. The van der Waals surface area contributed by atoms with Crippen molar-refractivity contribution in [3.05, 3.63) is 49.5 Å². The molecule has 0 atom stereocenters. The van der Waals surface area contributed by atoms with E-state index in [9.17, 15) is 0 Å². The molecule has 0 aliphatic rings. The second kappa shape index (κ2) is 4.77. The monoisotopic (exact) mass is 325 g/mol. The Morgan fingerprint density at radius 2 is 1.93 bits per heavy atom. The molecule has 0 unspecified atom stereocenters. The normalized spacial score (nSPS) is 9.47. The minimum absolute atomic E-state index is 0.881. The number of aryl methyl sites for hydroxylation is 1. The highest BCUT2D eigenvalue weighted by atomic mass is 127. The standard InChI is InChI=1S/C12H8INS/c1-9-8-14-12(15-9)7-4-10-2-5-11(13)6-3-10/h2-3,5-6,8H,1H3. The van der Waals surface area contributed by atoms with E-state index in [2.05, 4.69) is 51.5 Å². The summed E-state index contributed by atoms with van der Waals surface area (Å²) in [4.78, 5) is 5.39. The zero-order valence-corrected chi connectivity index (χ0v) is 11.1. The van der Waals surface area contributed by atoms with E-state index in [4.69, 9.17) is 0 Å². The first-order valence-corrected chi connectivity index (χ1v) is 6.33. The van der Waals surface area contributed by atoms with E-state index in [1.807, 2.05) is 25.3 Å². The van der Waals surface area contributed by atoms with Gasteiger partial charge in [-0.15, -0.1) is 11.3 Å². The molecule has 0 bridgehead atoms. The molecule has 2 rings (SSSR count). The molecule has 74 valence electrons. The topological polar surface area (TPSA) is 12.9 Å². The third-order valence-corrected chi connectivity index (χ3v) is 3.33. The van der Waals surface area contributed by atoms with Crippen molar-refractivity contribution in [3.8, 4) is 11.8 Å². The highest BCUT2D eigenvalue weighted by Gasteiger charge is 1.92. The van der Waals surface area contributed by atoms with Crippen molar-refractivity contribution in [2.75, 3.05) is 0 Å². The van der Waals surface area contributed by atoms with Gasteiger partial charge in [-0.05, 0) is 59.7 Å². The van der Waals surface area contributed by atoms with Crippen LogP contribution in [0.5, 0.6) is 0 Å². The fourth-order valence-electron chi connectivity index (χ4n) is 1.07. The van der Waals surface area contributed by atoms with Crippen LogP contribution in [0.1, 0.15) is 15.4 Å². The Labute approximate surface area is 107 Å². The Hall–Kier alpha value is -0.860. The van der Waals surface area contributed by atoms with Crippen molar-refractivity contribution in [3.63, 3.8) is 0 Å². The molecule has 0 spiro atoms. The van der Waals surface area contributed by atoms with Gasteiger partial charge in [0.25, 0.3) is 0 Å². The Kier molecular flexibility index (Phi) is 3.39. The van der Waals surface area contributed by atoms with Gasteiger partial charge in [0.1, 0.15) is 0 Å². The minimum atomic E-state index is 0.881. The number of hydrogen-bond acceptors (Lipinski definition) is 2. The van der Waals surface area contributed by atoms with Crippen LogP contribution in [0.4, 0.5) is 0 Å². The molecular weight excluding hydrogens is 317 g/mol. The Morgan fingerprint density at radius 1 is 1.20 bits per heavy atom. The Bertz CT molecular complexity index is 517. The van der Waals surface area contributed by atoms with Crippen LogP contribution in [0.3, 0.4) is 0 Å². The number of hydrogen-bond donors (Lipinski definition) is 0. The summed E-state index contributed by atoms with van der Waals surface area (Å²) in [5.41, 5.74) is 1.03. The molecule has 0 aliphatic heterocycles. The summed E-state index contributed by atoms with van der Waals surface area (Å²) in [7, 11) is 0. The van der Waals surface area contributed by atoms with Crippen LogP contribution in [-0.2, 0) is 0 Å². The van der Waals surface area contributed by atoms with E-state index in [1.54, 1.807) is 11.3 Å². The summed E-state index contributed by atoms with van der Waals surface area (Å²) in [6.07, 6.45) is 1.85. The van der Waals surface area contributed by atoms with Gasteiger partial charge in [-0.3, -0.25) is 0 Å². The van der Waals surface area contributed by atoms with Crippen molar-refractivity contribution >= 4 is 33.9 Å². The third kappa shape index (κ3) is 3.05. The predicted octanol–water partition coefficient (Wildman–Crippen LogP) is 3.46. The molecular formula is C12H8INS. The number of aromatic nitrogens is 1. The van der Waals surface area contributed by atoms with E-state index in [-0.39, 0.29) is 0 Å². The van der Waals surface area contributed by atoms with E-state index >= 15 is 0 Å². The second-order valence-corrected chi connectivity index (χ2v) is 5.51. The van der Waals surface area contributed by atoms with Gasteiger partial charge in [0.2, 0.25) is 0 Å². The van der Waals surface area contributed by atoms with Gasteiger partial charge in [0.05, 0.1) is 0 Å². The number of nitrogens with zero attached hydrogens (tertiary/aromatic N) is 1. The van der Waals surface area contributed by atoms with Crippen LogP contribution in [0, 0.1) is 22.3 Å². The maximum absolute atomic E-state index is 4.19. The van der Waals surface area contributed by atoms with Crippen LogP contribution in [0.15, 0.2) is 30.5 Å². The number of halogens is 1. The molecule has 0 saturated heterocycles. The van der Waals surface area contributed by atoms with E-state index in [0.717, 1.165) is 10.6 Å². The third-order valence-electron chi connectivity index (χ3n) is 1.78. The number of thiazole rings is 1. The van der Waals surface area contributed by atoms with Crippen LogP contribution < -0.4 is 0 Å². The predicted molar refractivity (Wildman–Crippen MR) is 72.0 cm³/mol. The largest absolute Gasteiger partial charge is 0.236 e. The van der Waals surface area contributed by atoms with Crippen molar-refractivity contribution in [2.45, 2.75) is 6.92 Å². The summed E-state index contributed by atoms with van der Waals surface area (Å²) in [6, 6.07) is 8.15. The molecule has 1 heterocycles. The van der Waals surface area contributed by atoms with Crippen molar-refractivity contribution in [1.29, 1.82) is 0 Å². The van der Waals surface area contributed by atoms with Gasteiger partial charge >= 0.3 is 0 Å². The van der Waals surface area contributed by atoms with Crippen molar-refractivity contribution in [1.82, 2.24) is 4.98 Å². The summed E-state index contributed by atoms with van der Waals surface area (Å²) >= 11 is 3.91. The lowest BCUT2D eigenvalue weighted by Gasteiger charge is -1.89. The molecule has 1 aromatic heterocycles. The zero-order valence-electron chi connectivity index (χ0n) is 8.12. The molecule has 0 amide bonds. The Balaban J connectivity index is 2.22. The van der Waals surface area contributed by atoms with Gasteiger partial charge in [0, 0.05) is 20.2 Å². The highest BCUT2D eigenvalue weighted by Crippen LogP contribution is 2.10. The molecule has 3 heteroatoms. The van der Waals surface area contributed by atoms with Gasteiger partial charge in [-0.1, -0.05) is 5.92 Å². The lowest BCUT2D eigenvalue weighted by Crippen LogP contribution is -1.75. The Morgan fingerprint density at radius 3 is 2.53 bits per heavy atom. The van der Waals surface area contributed by atoms with Gasteiger partial charge in [-0.25, -0.2) is 4.98 Å². The quantitative estimate of drug-likeness (QED) is 0.534. The van der Waals surface area contributed by atoms with Crippen LogP contribution >= 0.6 is 33.9 Å². The first-order valence-electron chi connectivity index (χ1n) is 4.44. The molecule has 0 aliphatic carbocycles. The summed E-state index contributed by atoms with van der Waals surface area (Å²) < 4.78 is 1.23. The first kappa shape index (κ1) is 10.7. The minimum Gasteiger partial charge on any atom is -0.236 e. The smallest absolute Gasteiger partial charge is 0.167 e. The lowest BCUT2D eigenvalue weighted by atomic mass is 10.2. The van der Waals surface area contributed by atoms with Crippen molar-refractivity contribution in [2.24, 2.45) is 0 Å². The molecule has 0 fully saturated rings. The van der Waals surface area contributed by atoms with Gasteiger partial charge in [0.15, 0.2) is 5.01 Å². The summed E-state index contributed by atoms with van der Waals surface area (Å²) in [5, 5.41) is 0.881. The summed E-state index contributed by atoms with van der Waals surface area (Å²) in [6.45, 7) is 2.04. The average molecular weight is 325 g/mol. The van der Waals surface area contributed by atoms with Gasteiger partial charge in [-0.2, -0.15) is 0 Å². The van der Waals surface area contributed by atoms with E-state index < -0.39 is 0 Å². The number of rotatable bonds is 0. The lowest BCUT2D eigenvalue weighted by molar-refractivity contribution is 1.36. The molecule has 1 aromatic carbocycles. The van der Waals surface area contributed by atoms with Crippen molar-refractivity contribution < 1.29 is 0 Å². The van der Waals surface area contributed by atoms with Gasteiger partial charge < -0.3 is 0 Å². The molecule has 15 heavy (non-hydrogen) atoms. The van der Waals surface area contributed by atoms with E-state index in [1.165, 1.54) is 8.45 Å². The highest BCUT2D eigenvalue weighted by molar-refractivity contribution is 14.1. The van der Waals surface area contributed by atoms with Crippen LogP contribution in [0.25, 0.3) is 0 Å². The molecule has 0 saturated carbocycles. The molecule has 1 nitrogen and oxygen atoms in total. The SMILES string of the molecule is Cc1cnc(C#Cc2ccc(I)cc2)s1. The second-order valence-electron chi connectivity index (χ2n) is 3.03. The molecule has 0 N–H and O–H groups in total. The van der Waals surface area contributed by atoms with E-state index in [0.29, 0.717) is 0 Å². The average Bonchev–Trinajstić information content (AvgIpc) is 2.64. The summed E-state index contributed by atoms with van der Waals surface area (Å²) in [5.74, 6) is 6.15. The zero-order chi connectivity index (χ0) is 10.7. The maximum Gasteiger partial charge on any atom is 0.167 e. The molecule has 0 radical (unpaired) electrons. The number of benzene rings is 1. The fourth-order valence-corrected chi connectivity index (χ4v) is 2.05. The van der Waals surface area contributed by atoms with Crippen LogP contribution in [0.2, 0.25) is 0 Å². The fraction of sp³-hybridized carbons (Fsp3) is 0.0833. The maximum atomic E-state index is 4.19. The molecule has 2 aromatic rings. The van der Waals surface area contributed by atoms with Crippen LogP contribution in [-0.4, -0.2) is 4.98 Å².